The quantitative estimate of drug-likeness (QED) is 0.494. The molecule has 0 aliphatic heterocycles. The van der Waals surface area contributed by atoms with Crippen LogP contribution < -0.4 is 0 Å². The third-order valence-corrected chi connectivity index (χ3v) is 3.52. The molecular weight excluding hydrogens is 252 g/mol. The highest BCUT2D eigenvalue weighted by molar-refractivity contribution is 5.78. The second-order valence-corrected chi connectivity index (χ2v) is 5.38. The maximum atomic E-state index is 11.7. The number of phenolic OH excluding ortho intramolecular Hbond substituents is 2. The lowest BCUT2D eigenvalue weighted by Gasteiger charge is -2.04. The van der Waals surface area contributed by atoms with Crippen molar-refractivity contribution in [2.45, 2.75) is 64.7 Å². The third-order valence-electron chi connectivity index (χ3n) is 3.52. The second-order valence-electron chi connectivity index (χ2n) is 5.38. The van der Waals surface area contributed by atoms with Crippen molar-refractivity contribution in [2.75, 3.05) is 0 Å². The Balaban J connectivity index is 2.13. The fourth-order valence-electron chi connectivity index (χ4n) is 2.26. The van der Waals surface area contributed by atoms with E-state index in [-0.39, 0.29) is 11.5 Å². The highest BCUT2D eigenvalue weighted by Gasteiger charge is 2.04. The summed E-state index contributed by atoms with van der Waals surface area (Å²) in [6, 6.07) is 4.83. The van der Waals surface area contributed by atoms with E-state index in [1.165, 1.54) is 25.3 Å². The number of aryl methyl sites for hydroxylation is 1. The Morgan fingerprint density at radius 3 is 2.35 bits per heavy atom. The molecule has 3 nitrogen and oxygen atoms in total. The Hall–Kier alpha value is -1.51. The average molecular weight is 278 g/mol. The number of ketones is 1. The van der Waals surface area contributed by atoms with Gasteiger partial charge in [0.25, 0.3) is 0 Å². The molecule has 0 unspecified atom stereocenters. The monoisotopic (exact) mass is 278 g/mol. The van der Waals surface area contributed by atoms with Crippen molar-refractivity contribution in [3.63, 3.8) is 0 Å². The van der Waals surface area contributed by atoms with Gasteiger partial charge in [-0.3, -0.25) is 4.79 Å². The van der Waals surface area contributed by atoms with Gasteiger partial charge in [-0.25, -0.2) is 0 Å². The zero-order valence-electron chi connectivity index (χ0n) is 12.4. The molecule has 0 saturated carbocycles. The summed E-state index contributed by atoms with van der Waals surface area (Å²) >= 11 is 0. The summed E-state index contributed by atoms with van der Waals surface area (Å²) in [5.74, 6) is 0.145. The number of rotatable bonds is 10. The van der Waals surface area contributed by atoms with Crippen LogP contribution >= 0.6 is 0 Å². The maximum Gasteiger partial charge on any atom is 0.157 e. The van der Waals surface area contributed by atoms with Crippen LogP contribution in [-0.4, -0.2) is 16.0 Å². The van der Waals surface area contributed by atoms with Gasteiger partial charge in [0.15, 0.2) is 11.5 Å². The van der Waals surface area contributed by atoms with Crippen LogP contribution in [0.3, 0.4) is 0 Å². The molecule has 0 aliphatic carbocycles. The van der Waals surface area contributed by atoms with Crippen molar-refractivity contribution in [1.29, 1.82) is 0 Å². The molecule has 0 spiro atoms. The summed E-state index contributed by atoms with van der Waals surface area (Å²) in [6.07, 6.45) is 8.76. The van der Waals surface area contributed by atoms with Gasteiger partial charge in [-0.1, -0.05) is 38.7 Å². The van der Waals surface area contributed by atoms with Gasteiger partial charge < -0.3 is 10.2 Å². The Labute approximate surface area is 121 Å². The van der Waals surface area contributed by atoms with E-state index in [9.17, 15) is 15.0 Å². The van der Waals surface area contributed by atoms with Gasteiger partial charge in [-0.05, 0) is 37.0 Å². The second kappa shape index (κ2) is 9.40. The van der Waals surface area contributed by atoms with Gasteiger partial charge in [0.05, 0.1) is 0 Å². The van der Waals surface area contributed by atoms with Gasteiger partial charge >= 0.3 is 0 Å². The van der Waals surface area contributed by atoms with Gasteiger partial charge in [0, 0.05) is 12.8 Å². The van der Waals surface area contributed by atoms with E-state index < -0.39 is 0 Å². The molecule has 0 heterocycles. The first-order valence-electron chi connectivity index (χ1n) is 7.66. The van der Waals surface area contributed by atoms with E-state index in [1.54, 1.807) is 12.1 Å². The third kappa shape index (κ3) is 6.60. The van der Waals surface area contributed by atoms with Crippen molar-refractivity contribution in [3.8, 4) is 11.5 Å². The van der Waals surface area contributed by atoms with Crippen LogP contribution in [0.1, 0.15) is 63.9 Å². The summed E-state index contributed by atoms with van der Waals surface area (Å²) < 4.78 is 0. The van der Waals surface area contributed by atoms with E-state index in [1.807, 2.05) is 0 Å². The molecule has 0 saturated heterocycles. The van der Waals surface area contributed by atoms with E-state index >= 15 is 0 Å². The van der Waals surface area contributed by atoms with Crippen LogP contribution in [0, 0.1) is 0 Å². The molecule has 1 aromatic rings. The molecule has 20 heavy (non-hydrogen) atoms. The summed E-state index contributed by atoms with van der Waals surface area (Å²) in [5.41, 5.74) is 0.955. The topological polar surface area (TPSA) is 57.5 Å². The number of carbonyl (C=O) groups excluding carboxylic acids is 1. The first-order valence-corrected chi connectivity index (χ1v) is 7.66. The van der Waals surface area contributed by atoms with E-state index in [2.05, 4.69) is 6.92 Å². The molecule has 112 valence electrons. The first-order chi connectivity index (χ1) is 9.63. The van der Waals surface area contributed by atoms with E-state index in [0.29, 0.717) is 18.6 Å². The molecule has 0 fully saturated rings. The smallest absolute Gasteiger partial charge is 0.157 e. The highest BCUT2D eigenvalue weighted by Crippen LogP contribution is 2.25. The average Bonchev–Trinajstić information content (AvgIpc) is 2.42. The lowest BCUT2D eigenvalue weighted by atomic mass is 10.0. The van der Waals surface area contributed by atoms with Gasteiger partial charge in [0.2, 0.25) is 0 Å². The van der Waals surface area contributed by atoms with Crippen molar-refractivity contribution in [2.24, 2.45) is 0 Å². The Bertz CT molecular complexity index is 413. The molecule has 1 aromatic carbocycles. The number of aromatic hydroxyl groups is 2. The molecule has 1 rings (SSSR count). The number of phenols is 2. The van der Waals surface area contributed by atoms with Crippen LogP contribution in [0.25, 0.3) is 0 Å². The molecule has 0 aliphatic rings. The molecular formula is C17H26O3. The predicted molar refractivity (Wildman–Crippen MR) is 81.1 cm³/mol. The number of hydrogen-bond acceptors (Lipinski definition) is 3. The zero-order chi connectivity index (χ0) is 14.8. The summed E-state index contributed by atoms with van der Waals surface area (Å²) in [7, 11) is 0. The van der Waals surface area contributed by atoms with Crippen molar-refractivity contribution in [3.05, 3.63) is 23.8 Å². The van der Waals surface area contributed by atoms with Crippen LogP contribution in [0.2, 0.25) is 0 Å². The fourth-order valence-corrected chi connectivity index (χ4v) is 2.26. The maximum absolute atomic E-state index is 11.7. The number of unbranched alkanes of at least 4 members (excludes halogenated alkanes) is 4. The molecule has 0 radical (unpaired) electrons. The van der Waals surface area contributed by atoms with E-state index in [4.69, 9.17) is 0 Å². The summed E-state index contributed by atoms with van der Waals surface area (Å²) in [4.78, 5) is 11.7. The Kier molecular flexibility index (Phi) is 7.78. The number of hydrogen-bond donors (Lipinski definition) is 2. The first kappa shape index (κ1) is 16.5. The predicted octanol–water partition coefficient (Wildman–Crippen LogP) is 4.35. The Morgan fingerprint density at radius 2 is 1.65 bits per heavy atom. The Morgan fingerprint density at radius 1 is 0.950 bits per heavy atom. The SMILES string of the molecule is CCCCCCCC(=O)CCCc1ccc(O)c(O)c1. The van der Waals surface area contributed by atoms with Gasteiger partial charge in [0.1, 0.15) is 5.78 Å². The van der Waals surface area contributed by atoms with Crippen molar-refractivity contribution in [1.82, 2.24) is 0 Å². The highest BCUT2D eigenvalue weighted by atomic mass is 16.3. The van der Waals surface area contributed by atoms with Crippen LogP contribution in [0.5, 0.6) is 11.5 Å². The lowest BCUT2D eigenvalue weighted by molar-refractivity contribution is -0.119. The number of carbonyl (C=O) groups is 1. The normalized spacial score (nSPS) is 10.7. The zero-order valence-corrected chi connectivity index (χ0v) is 12.4. The molecule has 0 bridgehead atoms. The van der Waals surface area contributed by atoms with Crippen LogP contribution in [0.4, 0.5) is 0 Å². The molecule has 3 heteroatoms. The molecule has 0 amide bonds. The molecule has 0 aromatic heterocycles. The fraction of sp³-hybridized carbons (Fsp3) is 0.588. The number of benzene rings is 1. The van der Waals surface area contributed by atoms with Gasteiger partial charge in [-0.15, -0.1) is 0 Å². The molecule has 2 N–H and O–H groups in total. The van der Waals surface area contributed by atoms with E-state index in [0.717, 1.165) is 31.2 Å². The minimum Gasteiger partial charge on any atom is -0.504 e. The molecule has 0 atom stereocenters. The van der Waals surface area contributed by atoms with Crippen LogP contribution in [0.15, 0.2) is 18.2 Å². The van der Waals surface area contributed by atoms with Crippen LogP contribution in [-0.2, 0) is 11.2 Å². The minimum atomic E-state index is -0.100. The van der Waals surface area contributed by atoms with Crippen molar-refractivity contribution >= 4 is 5.78 Å². The lowest BCUT2D eigenvalue weighted by Crippen LogP contribution is -1.99. The van der Waals surface area contributed by atoms with Gasteiger partial charge in [-0.2, -0.15) is 0 Å². The van der Waals surface area contributed by atoms with Crippen molar-refractivity contribution < 1.29 is 15.0 Å². The summed E-state index contributed by atoms with van der Waals surface area (Å²) in [6.45, 7) is 2.19. The standard InChI is InChI=1S/C17H26O3/c1-2-3-4-5-6-9-15(18)10-7-8-14-11-12-16(19)17(20)13-14/h11-13,19-20H,2-10H2,1H3. The summed E-state index contributed by atoms with van der Waals surface area (Å²) in [5, 5.41) is 18.6. The minimum absolute atomic E-state index is 0.0928. The largest absolute Gasteiger partial charge is 0.504 e. The number of Topliss-reactive ketones (excluding diaryl/α,β-unsaturated/α-hetero) is 1.